The van der Waals surface area contributed by atoms with E-state index in [9.17, 15) is 13.5 Å². The molecule has 1 aliphatic carbocycles. The highest BCUT2D eigenvalue weighted by atomic mass is 32.2. The van der Waals surface area contributed by atoms with Crippen LogP contribution in [0.2, 0.25) is 0 Å². The average molecular weight is 492 g/mol. The lowest BCUT2D eigenvalue weighted by Crippen LogP contribution is -2.23. The molecule has 0 saturated heterocycles. The molecule has 34 heavy (non-hydrogen) atoms. The maximum Gasteiger partial charge on any atom is 0.179 e. The van der Waals surface area contributed by atoms with Gasteiger partial charge in [-0.15, -0.1) is 0 Å². The molecule has 0 heterocycles. The van der Waals surface area contributed by atoms with E-state index in [1.165, 1.54) is 0 Å². The smallest absolute Gasteiger partial charge is 0.179 e. The third-order valence-electron chi connectivity index (χ3n) is 6.04. The van der Waals surface area contributed by atoms with Crippen LogP contribution in [0.15, 0.2) is 71.6 Å². The molecule has 8 heteroatoms. The molecule has 0 aliphatic heterocycles. The monoisotopic (exact) mass is 491 g/mol. The average Bonchev–Trinajstić information content (AvgIpc) is 3.13. The summed E-state index contributed by atoms with van der Waals surface area (Å²) in [7, 11) is -3.57. The normalized spacial score (nSPS) is 17.0. The minimum Gasteiger partial charge on any atom is -0.392 e. The van der Waals surface area contributed by atoms with Crippen LogP contribution in [0.4, 0.5) is 11.4 Å². The Hall–Kier alpha value is -3.25. The lowest BCUT2D eigenvalue weighted by atomic mass is 10.0. The molecule has 0 fully saturated rings. The molecule has 0 bridgehead atoms. The number of nitriles is 1. The zero-order valence-corrected chi connectivity index (χ0v) is 20.3. The van der Waals surface area contributed by atoms with Gasteiger partial charge in [0.25, 0.3) is 0 Å². The van der Waals surface area contributed by atoms with Crippen molar-refractivity contribution in [1.82, 2.24) is 0 Å². The zero-order chi connectivity index (χ0) is 24.3. The third-order valence-corrected chi connectivity index (χ3v) is 8.03. The Labute approximate surface area is 205 Å². The molecule has 0 radical (unpaired) electrons. The van der Waals surface area contributed by atoms with Gasteiger partial charge in [0.05, 0.1) is 28.4 Å². The van der Waals surface area contributed by atoms with Crippen LogP contribution in [-0.2, 0) is 22.7 Å². The number of nitrogens with zero attached hydrogens (tertiary/aromatic N) is 1. The van der Waals surface area contributed by atoms with Crippen molar-refractivity contribution in [1.29, 1.82) is 5.26 Å². The highest BCUT2D eigenvalue weighted by Crippen LogP contribution is 2.37. The lowest BCUT2D eigenvalue weighted by molar-refractivity contribution is 0.163. The summed E-state index contributed by atoms with van der Waals surface area (Å²) in [6, 6.07) is 21.6. The summed E-state index contributed by atoms with van der Waals surface area (Å²) in [6.45, 7) is 2.02. The van der Waals surface area contributed by atoms with Crippen LogP contribution in [0.5, 0.6) is 0 Å². The number of benzene rings is 3. The molecule has 2 unspecified atom stereocenters. The second-order valence-electron chi connectivity index (χ2n) is 8.34. The Morgan fingerprint density at radius 1 is 1.09 bits per heavy atom. The molecule has 1 aliphatic rings. The first kappa shape index (κ1) is 23.9. The molecule has 4 rings (SSSR count). The molecule has 174 valence electrons. The lowest BCUT2D eigenvalue weighted by Gasteiger charge is -2.17. The molecule has 0 aromatic heterocycles. The summed E-state index contributed by atoms with van der Waals surface area (Å²) in [4.78, 5) is 0.268. The topological polar surface area (TPSA) is 102 Å². The van der Waals surface area contributed by atoms with E-state index < -0.39 is 21.9 Å². The molecule has 3 aromatic rings. The van der Waals surface area contributed by atoms with E-state index >= 15 is 0 Å². The highest BCUT2D eigenvalue weighted by molar-refractivity contribution is 7.91. The summed E-state index contributed by atoms with van der Waals surface area (Å²) >= 11 is 5.40. The number of thiocarbonyl (C=S) groups is 1. The maximum absolute atomic E-state index is 13.1. The molecule has 2 atom stereocenters. The van der Waals surface area contributed by atoms with Crippen LogP contribution in [0.1, 0.15) is 35.1 Å². The fourth-order valence-corrected chi connectivity index (χ4v) is 6.06. The van der Waals surface area contributed by atoms with E-state index in [2.05, 4.69) is 16.7 Å². The number of rotatable bonds is 6. The summed E-state index contributed by atoms with van der Waals surface area (Å²) in [5.41, 5.74) is 4.71. The van der Waals surface area contributed by atoms with Crippen LogP contribution < -0.4 is 10.6 Å². The zero-order valence-electron chi connectivity index (χ0n) is 18.7. The Kier molecular flexibility index (Phi) is 6.98. The summed E-state index contributed by atoms with van der Waals surface area (Å²) < 4.78 is 26.2. The Balaban J connectivity index is 1.51. The number of anilines is 2. The van der Waals surface area contributed by atoms with E-state index in [1.54, 1.807) is 30.3 Å². The molecule has 3 aromatic carbocycles. The number of aliphatic hydroxyl groups excluding tert-OH is 1. The first-order valence-electron chi connectivity index (χ1n) is 11.0. The van der Waals surface area contributed by atoms with Gasteiger partial charge in [-0.05, 0) is 84.2 Å². The number of aryl methyl sites for hydroxylation is 1. The van der Waals surface area contributed by atoms with Crippen molar-refractivity contribution in [2.45, 2.75) is 36.7 Å². The van der Waals surface area contributed by atoms with Gasteiger partial charge >= 0.3 is 0 Å². The fourth-order valence-electron chi connectivity index (χ4n) is 4.20. The minimum atomic E-state index is -3.57. The van der Waals surface area contributed by atoms with Crippen molar-refractivity contribution in [3.8, 4) is 6.07 Å². The van der Waals surface area contributed by atoms with E-state index in [4.69, 9.17) is 17.5 Å². The van der Waals surface area contributed by atoms with Gasteiger partial charge in [-0.2, -0.15) is 5.26 Å². The molecule has 0 saturated carbocycles. The number of hydrogen-bond donors (Lipinski definition) is 3. The first-order valence-corrected chi connectivity index (χ1v) is 13.1. The molecule has 0 spiro atoms. The van der Waals surface area contributed by atoms with Crippen molar-refractivity contribution in [2.24, 2.45) is 0 Å². The van der Waals surface area contributed by atoms with E-state index in [0.717, 1.165) is 23.1 Å². The number of aliphatic hydroxyl groups is 1. The van der Waals surface area contributed by atoms with Crippen molar-refractivity contribution in [3.05, 3.63) is 89.0 Å². The van der Waals surface area contributed by atoms with Crippen molar-refractivity contribution < 1.29 is 13.5 Å². The standard InChI is InChI=1S/C26H25N3O3S2/c1-2-17-6-10-22(11-7-17)34(31,32)16-24-23-14-21(9-8-19(23)13-25(24)30)29-26(33)28-20-5-3-4-18(12-20)15-27/h3-12,14,24-25,30H,2,13,16H2,1H3,(H2,28,29,33). The quantitative estimate of drug-likeness (QED) is 0.439. The van der Waals surface area contributed by atoms with Gasteiger partial charge in [-0.25, -0.2) is 8.42 Å². The van der Waals surface area contributed by atoms with Crippen LogP contribution >= 0.6 is 12.2 Å². The SMILES string of the molecule is CCc1ccc(S(=O)(=O)CC2c3cc(NC(=S)Nc4cccc(C#N)c4)ccc3CC2O)cc1. The maximum atomic E-state index is 13.1. The third kappa shape index (κ3) is 5.28. The number of nitrogens with one attached hydrogen (secondary N) is 2. The second kappa shape index (κ2) is 9.94. The second-order valence-corrected chi connectivity index (χ2v) is 10.8. The van der Waals surface area contributed by atoms with Gasteiger partial charge in [-0.1, -0.05) is 31.2 Å². The predicted octanol–water partition coefficient (Wildman–Crippen LogP) is 4.40. The van der Waals surface area contributed by atoms with Gasteiger partial charge in [0.1, 0.15) is 0 Å². The first-order chi connectivity index (χ1) is 16.3. The van der Waals surface area contributed by atoms with Gasteiger partial charge in [0.2, 0.25) is 0 Å². The molecular formula is C26H25N3O3S2. The van der Waals surface area contributed by atoms with Crippen molar-refractivity contribution in [3.63, 3.8) is 0 Å². The molecule has 3 N–H and O–H groups in total. The van der Waals surface area contributed by atoms with Gasteiger partial charge in [0, 0.05) is 17.3 Å². The Bertz CT molecular complexity index is 1360. The fraction of sp³-hybridized carbons (Fsp3) is 0.231. The van der Waals surface area contributed by atoms with E-state index in [0.29, 0.717) is 28.5 Å². The van der Waals surface area contributed by atoms with Gasteiger partial charge in [-0.3, -0.25) is 0 Å². The molecule has 0 amide bonds. The van der Waals surface area contributed by atoms with Crippen LogP contribution in [0, 0.1) is 11.3 Å². The van der Waals surface area contributed by atoms with Gasteiger partial charge < -0.3 is 15.7 Å². The van der Waals surface area contributed by atoms with Crippen LogP contribution in [-0.4, -0.2) is 30.5 Å². The Morgan fingerprint density at radius 2 is 1.79 bits per heavy atom. The number of fused-ring (bicyclic) bond motifs is 1. The number of hydrogen-bond acceptors (Lipinski definition) is 5. The van der Waals surface area contributed by atoms with Crippen LogP contribution in [0.25, 0.3) is 0 Å². The summed E-state index contributed by atoms with van der Waals surface area (Å²) in [5.74, 6) is -0.693. The summed E-state index contributed by atoms with van der Waals surface area (Å²) in [6.07, 6.45) is 0.480. The van der Waals surface area contributed by atoms with Crippen molar-refractivity contribution in [2.75, 3.05) is 16.4 Å². The minimum absolute atomic E-state index is 0.167. The molecule has 6 nitrogen and oxygen atoms in total. The number of sulfone groups is 1. The summed E-state index contributed by atoms with van der Waals surface area (Å²) in [5, 5.41) is 26.2. The van der Waals surface area contributed by atoms with E-state index in [-0.39, 0.29) is 10.6 Å². The molecular weight excluding hydrogens is 466 g/mol. The van der Waals surface area contributed by atoms with E-state index in [1.807, 2.05) is 43.3 Å². The largest absolute Gasteiger partial charge is 0.392 e. The Morgan fingerprint density at radius 3 is 2.47 bits per heavy atom. The highest BCUT2D eigenvalue weighted by Gasteiger charge is 2.35. The van der Waals surface area contributed by atoms with Crippen LogP contribution in [0.3, 0.4) is 0 Å². The van der Waals surface area contributed by atoms with Gasteiger partial charge in [0.15, 0.2) is 14.9 Å². The predicted molar refractivity (Wildman–Crippen MR) is 138 cm³/mol. The van der Waals surface area contributed by atoms with Crippen molar-refractivity contribution >= 4 is 38.5 Å².